The first-order valence-corrected chi connectivity index (χ1v) is 5.75. The molecule has 0 aliphatic carbocycles. The van der Waals surface area contributed by atoms with Gasteiger partial charge in [0.2, 0.25) is 6.41 Å². The van der Waals surface area contributed by atoms with Crippen LogP contribution in [0.4, 0.5) is 0 Å². The van der Waals surface area contributed by atoms with E-state index >= 15 is 0 Å². The zero-order chi connectivity index (χ0) is 12.2. The minimum atomic E-state index is -0.305. The van der Waals surface area contributed by atoms with E-state index < -0.39 is 0 Å². The summed E-state index contributed by atoms with van der Waals surface area (Å²) in [5.41, 5.74) is 0. The summed E-state index contributed by atoms with van der Waals surface area (Å²) >= 11 is 0. The molecule has 0 aliphatic rings. The van der Waals surface area contributed by atoms with Gasteiger partial charge in [-0.15, -0.1) is 0 Å². The van der Waals surface area contributed by atoms with Crippen molar-refractivity contribution >= 4 is 0 Å². The number of rotatable bonds is 11. The van der Waals surface area contributed by atoms with Gasteiger partial charge in [-0.1, -0.05) is 0 Å². The van der Waals surface area contributed by atoms with Crippen LogP contribution < -0.4 is 0 Å². The summed E-state index contributed by atoms with van der Waals surface area (Å²) < 4.78 is 21.2. The van der Waals surface area contributed by atoms with Crippen LogP contribution in [0.15, 0.2) is 0 Å². The molecule has 0 bridgehead atoms. The SMILES string of the molecule is CCOC(OCC)N(CCOC)CCOC. The second-order valence-corrected chi connectivity index (χ2v) is 3.24. The molecule has 0 amide bonds. The van der Waals surface area contributed by atoms with E-state index in [-0.39, 0.29) is 6.41 Å². The van der Waals surface area contributed by atoms with Crippen molar-refractivity contribution in [2.75, 3.05) is 53.7 Å². The third-order valence-electron chi connectivity index (χ3n) is 2.08. The van der Waals surface area contributed by atoms with Crippen molar-refractivity contribution in [2.24, 2.45) is 0 Å². The summed E-state index contributed by atoms with van der Waals surface area (Å²) in [6.45, 7) is 8.01. The number of hydrogen-bond acceptors (Lipinski definition) is 5. The highest BCUT2D eigenvalue weighted by atomic mass is 16.7. The van der Waals surface area contributed by atoms with E-state index in [4.69, 9.17) is 18.9 Å². The van der Waals surface area contributed by atoms with E-state index in [2.05, 4.69) is 4.90 Å². The Bertz CT molecular complexity index is 132. The molecule has 5 heteroatoms. The fourth-order valence-electron chi connectivity index (χ4n) is 1.28. The summed E-state index contributed by atoms with van der Waals surface area (Å²) in [7, 11) is 3.37. The van der Waals surface area contributed by atoms with Crippen molar-refractivity contribution in [1.29, 1.82) is 0 Å². The summed E-state index contributed by atoms with van der Waals surface area (Å²) in [6.07, 6.45) is -0.305. The van der Waals surface area contributed by atoms with Crippen LogP contribution in [-0.2, 0) is 18.9 Å². The van der Waals surface area contributed by atoms with E-state index in [1.807, 2.05) is 13.8 Å². The molecule has 0 aliphatic heterocycles. The van der Waals surface area contributed by atoms with Crippen LogP contribution in [0.1, 0.15) is 13.8 Å². The molecule has 0 heterocycles. The molecule has 0 unspecified atom stereocenters. The van der Waals surface area contributed by atoms with Crippen molar-refractivity contribution < 1.29 is 18.9 Å². The number of nitrogens with zero attached hydrogens (tertiary/aromatic N) is 1. The highest BCUT2D eigenvalue weighted by Crippen LogP contribution is 2.04. The van der Waals surface area contributed by atoms with Gasteiger partial charge in [-0.2, -0.15) is 0 Å². The molecule has 0 spiro atoms. The quantitative estimate of drug-likeness (QED) is 0.498. The normalized spacial score (nSPS) is 11.6. The van der Waals surface area contributed by atoms with Crippen LogP contribution in [0.3, 0.4) is 0 Å². The second-order valence-electron chi connectivity index (χ2n) is 3.24. The molecule has 98 valence electrons. The number of methoxy groups -OCH3 is 2. The van der Waals surface area contributed by atoms with Crippen molar-refractivity contribution in [2.45, 2.75) is 20.3 Å². The Morgan fingerprint density at radius 1 is 0.875 bits per heavy atom. The van der Waals surface area contributed by atoms with Crippen molar-refractivity contribution in [3.8, 4) is 0 Å². The summed E-state index contributed by atoms with van der Waals surface area (Å²) in [5.74, 6) is 0. The lowest BCUT2D eigenvalue weighted by Crippen LogP contribution is -2.43. The molecule has 0 atom stereocenters. The number of ether oxygens (including phenoxy) is 4. The maximum atomic E-state index is 5.53. The van der Waals surface area contributed by atoms with Gasteiger partial charge in [0, 0.05) is 40.5 Å². The molecular weight excluding hydrogens is 210 g/mol. The van der Waals surface area contributed by atoms with Crippen LogP contribution in [0.25, 0.3) is 0 Å². The fourth-order valence-corrected chi connectivity index (χ4v) is 1.28. The Labute approximate surface area is 98.6 Å². The minimum Gasteiger partial charge on any atom is -0.383 e. The van der Waals surface area contributed by atoms with Gasteiger partial charge in [-0.05, 0) is 13.8 Å². The molecule has 5 nitrogen and oxygen atoms in total. The van der Waals surface area contributed by atoms with Crippen LogP contribution in [0, 0.1) is 0 Å². The van der Waals surface area contributed by atoms with Gasteiger partial charge >= 0.3 is 0 Å². The Balaban J connectivity index is 4.15. The Morgan fingerprint density at radius 2 is 1.31 bits per heavy atom. The highest BCUT2D eigenvalue weighted by molar-refractivity contribution is 4.56. The van der Waals surface area contributed by atoms with E-state index in [0.29, 0.717) is 26.4 Å². The second kappa shape index (κ2) is 11.3. The van der Waals surface area contributed by atoms with Gasteiger partial charge in [0.25, 0.3) is 0 Å². The molecule has 0 aromatic rings. The molecule has 0 saturated heterocycles. The first-order valence-electron chi connectivity index (χ1n) is 5.75. The van der Waals surface area contributed by atoms with E-state index in [1.54, 1.807) is 14.2 Å². The summed E-state index contributed by atoms with van der Waals surface area (Å²) in [4.78, 5) is 2.07. The molecular formula is C11H25NO4. The third kappa shape index (κ3) is 7.14. The predicted octanol–water partition coefficient (Wildman–Crippen LogP) is 0.938. The van der Waals surface area contributed by atoms with Gasteiger partial charge in [0.05, 0.1) is 13.2 Å². The number of hydrogen-bond donors (Lipinski definition) is 0. The summed E-state index contributed by atoms with van der Waals surface area (Å²) in [5, 5.41) is 0. The Hall–Kier alpha value is -0.200. The first-order chi connectivity index (χ1) is 7.79. The van der Waals surface area contributed by atoms with Gasteiger partial charge in [0.1, 0.15) is 0 Å². The fraction of sp³-hybridized carbons (Fsp3) is 1.00. The first kappa shape index (κ1) is 15.8. The molecule has 0 saturated carbocycles. The molecule has 0 rings (SSSR count). The third-order valence-corrected chi connectivity index (χ3v) is 2.08. The highest BCUT2D eigenvalue weighted by Gasteiger charge is 2.18. The van der Waals surface area contributed by atoms with Gasteiger partial charge in [-0.3, -0.25) is 4.90 Å². The topological polar surface area (TPSA) is 40.2 Å². The molecule has 0 fully saturated rings. The maximum Gasteiger partial charge on any atom is 0.218 e. The lowest BCUT2D eigenvalue weighted by atomic mass is 10.5. The van der Waals surface area contributed by atoms with Crippen LogP contribution in [0.5, 0.6) is 0 Å². The zero-order valence-corrected chi connectivity index (χ0v) is 10.9. The summed E-state index contributed by atoms with van der Waals surface area (Å²) in [6, 6.07) is 0. The lowest BCUT2D eigenvalue weighted by molar-refractivity contribution is -0.224. The minimum absolute atomic E-state index is 0.305. The van der Waals surface area contributed by atoms with Crippen LogP contribution >= 0.6 is 0 Å². The van der Waals surface area contributed by atoms with E-state index in [0.717, 1.165) is 13.1 Å². The van der Waals surface area contributed by atoms with Gasteiger partial charge in [-0.25, -0.2) is 0 Å². The van der Waals surface area contributed by atoms with E-state index in [9.17, 15) is 0 Å². The van der Waals surface area contributed by atoms with Crippen molar-refractivity contribution in [3.05, 3.63) is 0 Å². The molecule has 0 aromatic heterocycles. The molecule has 0 aromatic carbocycles. The maximum absolute atomic E-state index is 5.53. The molecule has 0 N–H and O–H groups in total. The van der Waals surface area contributed by atoms with Crippen molar-refractivity contribution in [1.82, 2.24) is 4.90 Å². The monoisotopic (exact) mass is 235 g/mol. The Kier molecular flexibility index (Phi) is 11.1. The average molecular weight is 235 g/mol. The predicted molar refractivity (Wildman–Crippen MR) is 62.4 cm³/mol. The van der Waals surface area contributed by atoms with Crippen molar-refractivity contribution in [3.63, 3.8) is 0 Å². The molecule has 16 heavy (non-hydrogen) atoms. The zero-order valence-electron chi connectivity index (χ0n) is 10.9. The van der Waals surface area contributed by atoms with Gasteiger partial charge < -0.3 is 18.9 Å². The van der Waals surface area contributed by atoms with Crippen LogP contribution in [-0.4, -0.2) is 65.1 Å². The molecule has 0 radical (unpaired) electrons. The standard InChI is InChI=1S/C11H25NO4/c1-5-15-11(16-6-2)12(7-9-13-3)8-10-14-4/h11H,5-10H2,1-4H3. The average Bonchev–Trinajstić information content (AvgIpc) is 2.29. The van der Waals surface area contributed by atoms with E-state index in [1.165, 1.54) is 0 Å². The van der Waals surface area contributed by atoms with Gasteiger partial charge in [0.15, 0.2) is 0 Å². The lowest BCUT2D eigenvalue weighted by Gasteiger charge is -2.30. The smallest absolute Gasteiger partial charge is 0.218 e. The Morgan fingerprint density at radius 3 is 1.62 bits per heavy atom. The van der Waals surface area contributed by atoms with Crippen LogP contribution in [0.2, 0.25) is 0 Å². The largest absolute Gasteiger partial charge is 0.383 e.